The van der Waals surface area contributed by atoms with Gasteiger partial charge in [-0.25, -0.2) is 9.97 Å². The van der Waals surface area contributed by atoms with Gasteiger partial charge < -0.3 is 10.4 Å². The molecule has 20 heavy (non-hydrogen) atoms. The summed E-state index contributed by atoms with van der Waals surface area (Å²) in [6.45, 7) is 0. The minimum atomic E-state index is -0.733. The molecule has 3 rings (SSSR count). The molecule has 1 saturated carbocycles. The number of hydrogen-bond acceptors (Lipinski definition) is 4. The summed E-state index contributed by atoms with van der Waals surface area (Å²) >= 11 is 0. The van der Waals surface area contributed by atoms with Crippen molar-refractivity contribution in [1.82, 2.24) is 9.97 Å². The van der Waals surface area contributed by atoms with Crippen molar-refractivity contribution in [1.29, 1.82) is 0 Å². The van der Waals surface area contributed by atoms with Crippen LogP contribution in [-0.4, -0.2) is 27.1 Å². The van der Waals surface area contributed by atoms with Crippen LogP contribution in [0.25, 0.3) is 10.9 Å². The number of nitrogens with zero attached hydrogens (tertiary/aromatic N) is 2. The van der Waals surface area contributed by atoms with Crippen LogP contribution in [0.15, 0.2) is 30.5 Å². The molecule has 2 aromatic rings. The number of hydrogen-bond donors (Lipinski definition) is 2. The van der Waals surface area contributed by atoms with Gasteiger partial charge in [-0.3, -0.25) is 4.79 Å². The quantitative estimate of drug-likeness (QED) is 0.897. The van der Waals surface area contributed by atoms with Crippen LogP contribution in [0.5, 0.6) is 0 Å². The van der Waals surface area contributed by atoms with E-state index in [4.69, 9.17) is 0 Å². The van der Waals surface area contributed by atoms with Crippen molar-refractivity contribution in [2.45, 2.75) is 31.7 Å². The predicted molar refractivity (Wildman–Crippen MR) is 76.5 cm³/mol. The highest BCUT2D eigenvalue weighted by molar-refractivity contribution is 5.78. The molecule has 5 heteroatoms. The molecule has 5 nitrogen and oxygen atoms in total. The number of para-hydroxylation sites is 1. The number of carbonyl (C=O) groups is 1. The van der Waals surface area contributed by atoms with Crippen molar-refractivity contribution >= 4 is 22.8 Å². The zero-order chi connectivity index (χ0) is 13.9. The fourth-order valence-corrected chi connectivity index (χ4v) is 2.81. The van der Waals surface area contributed by atoms with Crippen molar-refractivity contribution in [3.63, 3.8) is 0 Å². The molecule has 0 saturated heterocycles. The third-order valence-electron chi connectivity index (χ3n) is 3.89. The van der Waals surface area contributed by atoms with Gasteiger partial charge in [-0.1, -0.05) is 31.0 Å². The van der Waals surface area contributed by atoms with Crippen molar-refractivity contribution in [2.24, 2.45) is 5.92 Å². The first-order chi connectivity index (χ1) is 9.74. The van der Waals surface area contributed by atoms with Crippen LogP contribution < -0.4 is 5.32 Å². The lowest BCUT2D eigenvalue weighted by Crippen LogP contribution is -2.37. The summed E-state index contributed by atoms with van der Waals surface area (Å²) in [5.74, 6) is -0.566. The van der Waals surface area contributed by atoms with E-state index in [-0.39, 0.29) is 12.0 Å². The normalized spacial score (nSPS) is 22.6. The van der Waals surface area contributed by atoms with Crippen LogP contribution in [0.2, 0.25) is 0 Å². The molecular formula is C15H17N3O2. The number of carboxylic acids is 1. The summed E-state index contributed by atoms with van der Waals surface area (Å²) in [7, 11) is 0. The SMILES string of the molecule is O=C(O)C1CCCCC1Nc1ncc2ccccc2n1. The number of rotatable bonds is 3. The Labute approximate surface area is 117 Å². The monoisotopic (exact) mass is 271 g/mol. The van der Waals surface area contributed by atoms with Crippen LogP contribution in [0.1, 0.15) is 25.7 Å². The second kappa shape index (κ2) is 5.45. The first kappa shape index (κ1) is 12.8. The topological polar surface area (TPSA) is 75.1 Å². The van der Waals surface area contributed by atoms with Gasteiger partial charge in [0.15, 0.2) is 0 Å². The molecule has 1 aliphatic rings. The van der Waals surface area contributed by atoms with Crippen LogP contribution in [-0.2, 0) is 4.79 Å². The van der Waals surface area contributed by atoms with E-state index in [9.17, 15) is 9.90 Å². The van der Waals surface area contributed by atoms with E-state index in [1.165, 1.54) is 0 Å². The van der Waals surface area contributed by atoms with Gasteiger partial charge in [0, 0.05) is 17.6 Å². The average molecular weight is 271 g/mol. The maximum Gasteiger partial charge on any atom is 0.308 e. The van der Waals surface area contributed by atoms with Crippen molar-refractivity contribution < 1.29 is 9.90 Å². The summed E-state index contributed by atoms with van der Waals surface area (Å²) < 4.78 is 0. The van der Waals surface area contributed by atoms with E-state index in [1.807, 2.05) is 24.3 Å². The lowest BCUT2D eigenvalue weighted by atomic mass is 9.84. The number of fused-ring (bicyclic) bond motifs is 1. The van der Waals surface area contributed by atoms with E-state index in [0.29, 0.717) is 5.95 Å². The fraction of sp³-hybridized carbons (Fsp3) is 0.400. The minimum absolute atomic E-state index is 0.0811. The molecule has 0 aliphatic heterocycles. The molecule has 2 atom stereocenters. The molecular weight excluding hydrogens is 254 g/mol. The molecule has 2 N–H and O–H groups in total. The van der Waals surface area contributed by atoms with E-state index < -0.39 is 5.97 Å². The van der Waals surface area contributed by atoms with Crippen LogP contribution in [0, 0.1) is 5.92 Å². The van der Waals surface area contributed by atoms with E-state index in [1.54, 1.807) is 6.20 Å². The highest BCUT2D eigenvalue weighted by Crippen LogP contribution is 2.27. The van der Waals surface area contributed by atoms with E-state index in [0.717, 1.165) is 36.6 Å². The van der Waals surface area contributed by atoms with Gasteiger partial charge in [-0.2, -0.15) is 0 Å². The smallest absolute Gasteiger partial charge is 0.308 e. The van der Waals surface area contributed by atoms with E-state index >= 15 is 0 Å². The lowest BCUT2D eigenvalue weighted by Gasteiger charge is -2.29. The summed E-state index contributed by atoms with van der Waals surface area (Å²) in [6, 6.07) is 7.68. The van der Waals surface area contributed by atoms with Crippen molar-refractivity contribution in [3.8, 4) is 0 Å². The third kappa shape index (κ3) is 2.57. The lowest BCUT2D eigenvalue weighted by molar-refractivity contribution is -0.143. The molecule has 0 amide bonds. The van der Waals surface area contributed by atoms with Gasteiger partial charge >= 0.3 is 5.97 Å². The average Bonchev–Trinajstić information content (AvgIpc) is 2.47. The zero-order valence-electron chi connectivity index (χ0n) is 11.1. The molecule has 1 aromatic carbocycles. The minimum Gasteiger partial charge on any atom is -0.481 e. The molecule has 0 radical (unpaired) electrons. The van der Waals surface area contributed by atoms with Crippen LogP contribution in [0.4, 0.5) is 5.95 Å². The second-order valence-electron chi connectivity index (χ2n) is 5.23. The second-order valence-corrected chi connectivity index (χ2v) is 5.23. The predicted octanol–water partition coefficient (Wildman–Crippen LogP) is 2.69. The Morgan fingerprint density at radius 1 is 1.25 bits per heavy atom. The highest BCUT2D eigenvalue weighted by Gasteiger charge is 2.31. The molecule has 1 fully saturated rings. The van der Waals surface area contributed by atoms with Gasteiger partial charge in [0.25, 0.3) is 0 Å². The molecule has 1 aliphatic carbocycles. The van der Waals surface area contributed by atoms with Crippen LogP contribution >= 0.6 is 0 Å². The maximum absolute atomic E-state index is 11.3. The molecule has 1 aromatic heterocycles. The van der Waals surface area contributed by atoms with Gasteiger partial charge in [-0.05, 0) is 18.9 Å². The summed E-state index contributed by atoms with van der Waals surface area (Å²) in [5, 5.41) is 13.5. The number of nitrogens with one attached hydrogen (secondary N) is 1. The number of aliphatic carboxylic acids is 1. The fourth-order valence-electron chi connectivity index (χ4n) is 2.81. The van der Waals surface area contributed by atoms with Crippen LogP contribution in [0.3, 0.4) is 0 Å². The third-order valence-corrected chi connectivity index (χ3v) is 3.89. The Morgan fingerprint density at radius 2 is 2.05 bits per heavy atom. The summed E-state index contributed by atoms with van der Waals surface area (Å²) in [5.41, 5.74) is 0.868. The Hall–Kier alpha value is -2.17. The Kier molecular flexibility index (Phi) is 3.50. The Morgan fingerprint density at radius 3 is 2.90 bits per heavy atom. The zero-order valence-corrected chi connectivity index (χ0v) is 11.1. The largest absolute Gasteiger partial charge is 0.481 e. The first-order valence-electron chi connectivity index (χ1n) is 6.95. The molecule has 0 spiro atoms. The molecule has 1 heterocycles. The maximum atomic E-state index is 11.3. The van der Waals surface area contributed by atoms with Gasteiger partial charge in [0.05, 0.1) is 11.4 Å². The van der Waals surface area contributed by atoms with Gasteiger partial charge in [0.2, 0.25) is 5.95 Å². The summed E-state index contributed by atoms with van der Waals surface area (Å²) in [6.07, 6.45) is 5.37. The molecule has 0 bridgehead atoms. The van der Waals surface area contributed by atoms with E-state index in [2.05, 4.69) is 15.3 Å². The van der Waals surface area contributed by atoms with Crippen molar-refractivity contribution in [3.05, 3.63) is 30.5 Å². The molecule has 2 unspecified atom stereocenters. The number of aromatic nitrogens is 2. The standard InChI is InChI=1S/C15H17N3O2/c19-14(20)11-6-2-4-8-13(11)18-15-16-9-10-5-1-3-7-12(10)17-15/h1,3,5,7,9,11,13H,2,4,6,8H2,(H,19,20)(H,16,17,18). The number of benzene rings is 1. The first-order valence-corrected chi connectivity index (χ1v) is 6.95. The molecule has 104 valence electrons. The van der Waals surface area contributed by atoms with Crippen molar-refractivity contribution in [2.75, 3.05) is 5.32 Å². The number of carboxylic acid groups (broad SMARTS) is 1. The number of anilines is 1. The highest BCUT2D eigenvalue weighted by atomic mass is 16.4. The Balaban J connectivity index is 1.82. The van der Waals surface area contributed by atoms with Gasteiger partial charge in [-0.15, -0.1) is 0 Å². The Bertz CT molecular complexity index is 629. The van der Waals surface area contributed by atoms with Gasteiger partial charge in [0.1, 0.15) is 0 Å². The summed E-state index contributed by atoms with van der Waals surface area (Å²) in [4.78, 5) is 20.0.